The predicted octanol–water partition coefficient (Wildman–Crippen LogP) is -1.40. The summed E-state index contributed by atoms with van der Waals surface area (Å²) in [7, 11) is 0. The Bertz CT molecular complexity index is 214. The molecule has 5 heteroatoms. The van der Waals surface area contributed by atoms with Gasteiger partial charge in [0.05, 0.1) is 5.69 Å². The molecule has 0 unspecified atom stereocenters. The van der Waals surface area contributed by atoms with Gasteiger partial charge in [-0.3, -0.25) is 0 Å². The van der Waals surface area contributed by atoms with Crippen LogP contribution in [0.1, 0.15) is 5.69 Å². The van der Waals surface area contributed by atoms with Crippen molar-refractivity contribution < 1.29 is 10.00 Å². The van der Waals surface area contributed by atoms with Crippen LogP contribution >= 0.6 is 0 Å². The molecule has 0 aliphatic rings. The van der Waals surface area contributed by atoms with Crippen LogP contribution in [0.25, 0.3) is 0 Å². The molecule has 0 aliphatic carbocycles. The number of rotatable bonds is 1. The molecule has 1 heterocycles. The third-order valence-corrected chi connectivity index (χ3v) is 0.795. The van der Waals surface area contributed by atoms with Gasteiger partial charge in [0, 0.05) is 12.6 Å². The average molecular weight is 132 g/mol. The fraction of sp³-hybridized carbons (Fsp3) is 0.250. The normalized spacial score (nSPS) is 8.56. The zero-order chi connectivity index (χ0) is 5.98. The Kier molecular flexibility index (Phi) is 2.69. The van der Waals surface area contributed by atoms with Crippen molar-refractivity contribution in [3.63, 3.8) is 0 Å². The number of H-pyrrole nitrogens is 1. The number of nitrogens with one attached hydrogen (secondary N) is 1. The van der Waals surface area contributed by atoms with E-state index in [-0.39, 0.29) is 11.1 Å². The zero-order valence-electron chi connectivity index (χ0n) is 4.68. The minimum absolute atomic E-state index is 0. The largest absolute Gasteiger partial charge is 0.412 e. The van der Waals surface area contributed by atoms with Crippen molar-refractivity contribution >= 4 is 0 Å². The van der Waals surface area contributed by atoms with E-state index in [9.17, 15) is 4.79 Å². The molecule has 52 valence electrons. The van der Waals surface area contributed by atoms with E-state index in [0.717, 1.165) is 0 Å². The van der Waals surface area contributed by atoms with Crippen molar-refractivity contribution in [3.8, 4) is 0 Å². The quantitative estimate of drug-likeness (QED) is 0.491. The first-order chi connectivity index (χ1) is 3.83. The maximum absolute atomic E-state index is 10.2. The number of aromatic amines is 1. The summed E-state index contributed by atoms with van der Waals surface area (Å²) in [4.78, 5) is 10.2. The van der Waals surface area contributed by atoms with Gasteiger partial charge in [0.15, 0.2) is 0 Å². The first kappa shape index (κ1) is 7.93. The highest BCUT2D eigenvalue weighted by Gasteiger charge is 1.91. The Morgan fingerprint density at radius 2 is 2.44 bits per heavy atom. The lowest BCUT2D eigenvalue weighted by molar-refractivity contribution is 0.385. The molecule has 0 aliphatic heterocycles. The molecule has 0 bridgehead atoms. The zero-order valence-corrected chi connectivity index (χ0v) is 4.68. The first-order valence-corrected chi connectivity index (χ1v) is 2.20. The van der Waals surface area contributed by atoms with Crippen LogP contribution in [-0.2, 0) is 6.54 Å². The summed E-state index contributed by atoms with van der Waals surface area (Å²) in [5, 5.41) is 2.34. The molecule has 0 aromatic carbocycles. The van der Waals surface area contributed by atoms with Crippen LogP contribution in [0.3, 0.4) is 0 Å². The topological polar surface area (TPSA) is 104 Å². The van der Waals surface area contributed by atoms with Crippen molar-refractivity contribution in [2.75, 3.05) is 0 Å². The van der Waals surface area contributed by atoms with Gasteiger partial charge < -0.3 is 15.7 Å². The lowest BCUT2D eigenvalue weighted by Gasteiger charge is -1.78. The molecule has 9 heavy (non-hydrogen) atoms. The van der Waals surface area contributed by atoms with Crippen LogP contribution in [0.2, 0.25) is 0 Å². The molecule has 1 aromatic heterocycles. The molecule has 0 amide bonds. The third kappa shape index (κ3) is 1.71. The smallest absolute Gasteiger partial charge is 0.357 e. The summed E-state index contributed by atoms with van der Waals surface area (Å²) < 4.78 is 4.29. The number of hydrogen-bond donors (Lipinski definition) is 2. The van der Waals surface area contributed by atoms with Gasteiger partial charge in [0.1, 0.15) is 0 Å². The lowest BCUT2D eigenvalue weighted by Crippen LogP contribution is -1.95. The molecule has 5 N–H and O–H groups in total. The van der Waals surface area contributed by atoms with Gasteiger partial charge in [0.2, 0.25) is 0 Å². The minimum Gasteiger partial charge on any atom is -0.412 e. The molecule has 0 radical (unpaired) electrons. The highest BCUT2D eigenvalue weighted by molar-refractivity contribution is 4.93. The second kappa shape index (κ2) is 3.06. The summed E-state index contributed by atoms with van der Waals surface area (Å²) in [5.74, 6) is 0. The molecule has 0 spiro atoms. The third-order valence-electron chi connectivity index (χ3n) is 0.795. The van der Waals surface area contributed by atoms with Gasteiger partial charge >= 0.3 is 5.63 Å². The standard InChI is InChI=1S/C4H6N2O2.H2O/c5-2-3-1-4(7)8-6-3;/h1,6H,2,5H2;1H2. The molecular formula is C4H8N2O3. The highest BCUT2D eigenvalue weighted by Crippen LogP contribution is 1.82. The predicted molar refractivity (Wildman–Crippen MR) is 30.8 cm³/mol. The van der Waals surface area contributed by atoms with Crippen LogP contribution in [0.15, 0.2) is 15.4 Å². The molecule has 0 saturated carbocycles. The Morgan fingerprint density at radius 1 is 1.78 bits per heavy atom. The van der Waals surface area contributed by atoms with Crippen LogP contribution in [0.4, 0.5) is 0 Å². The van der Waals surface area contributed by atoms with E-state index in [1.54, 1.807) is 0 Å². The summed E-state index contributed by atoms with van der Waals surface area (Å²) in [6.45, 7) is 0.311. The molecule has 0 saturated heterocycles. The maximum atomic E-state index is 10.2. The van der Waals surface area contributed by atoms with Crippen molar-refractivity contribution in [2.45, 2.75) is 6.54 Å². The lowest BCUT2D eigenvalue weighted by atomic mass is 10.4. The van der Waals surface area contributed by atoms with Crippen molar-refractivity contribution in [2.24, 2.45) is 5.73 Å². The average Bonchev–Trinajstić information content (AvgIpc) is 2.14. The Hall–Kier alpha value is -1.07. The number of aromatic nitrogens is 1. The van der Waals surface area contributed by atoms with Gasteiger partial charge in [-0.25, -0.2) is 9.95 Å². The van der Waals surface area contributed by atoms with Crippen molar-refractivity contribution in [3.05, 3.63) is 22.2 Å². The Morgan fingerprint density at radius 3 is 2.67 bits per heavy atom. The fourth-order valence-corrected chi connectivity index (χ4v) is 0.418. The van der Waals surface area contributed by atoms with Crippen LogP contribution < -0.4 is 11.4 Å². The molecule has 1 rings (SSSR count). The molecule has 5 nitrogen and oxygen atoms in total. The first-order valence-electron chi connectivity index (χ1n) is 2.20. The molecule has 1 aromatic rings. The number of hydrogen-bond acceptors (Lipinski definition) is 3. The minimum atomic E-state index is -0.384. The van der Waals surface area contributed by atoms with Gasteiger partial charge in [-0.2, -0.15) is 0 Å². The summed E-state index contributed by atoms with van der Waals surface area (Å²) >= 11 is 0. The summed E-state index contributed by atoms with van der Waals surface area (Å²) in [6, 6.07) is 1.32. The van der Waals surface area contributed by atoms with Crippen LogP contribution in [0, 0.1) is 0 Å². The van der Waals surface area contributed by atoms with Crippen LogP contribution in [-0.4, -0.2) is 10.6 Å². The van der Waals surface area contributed by atoms with E-state index >= 15 is 0 Å². The van der Waals surface area contributed by atoms with Gasteiger partial charge in [0.25, 0.3) is 0 Å². The summed E-state index contributed by atoms with van der Waals surface area (Å²) in [5.41, 5.74) is 5.37. The van der Waals surface area contributed by atoms with Gasteiger partial charge in [-0.05, 0) is 0 Å². The monoisotopic (exact) mass is 132 g/mol. The van der Waals surface area contributed by atoms with Crippen molar-refractivity contribution in [1.29, 1.82) is 0 Å². The molecular weight excluding hydrogens is 124 g/mol. The van der Waals surface area contributed by atoms with E-state index < -0.39 is 0 Å². The second-order valence-electron chi connectivity index (χ2n) is 1.40. The SMILES string of the molecule is NCc1cc(=O)o[nH]1.O. The second-order valence-corrected chi connectivity index (χ2v) is 1.40. The van der Waals surface area contributed by atoms with E-state index in [1.165, 1.54) is 6.07 Å². The van der Waals surface area contributed by atoms with Crippen LogP contribution in [0.5, 0.6) is 0 Å². The van der Waals surface area contributed by atoms with Gasteiger partial charge in [-0.1, -0.05) is 0 Å². The summed E-state index contributed by atoms with van der Waals surface area (Å²) in [6.07, 6.45) is 0. The van der Waals surface area contributed by atoms with Gasteiger partial charge in [-0.15, -0.1) is 0 Å². The Labute approximate surface area is 50.7 Å². The molecule has 0 fully saturated rings. The van der Waals surface area contributed by atoms with E-state index in [1.807, 2.05) is 0 Å². The molecule has 0 atom stereocenters. The fourth-order valence-electron chi connectivity index (χ4n) is 0.418. The highest BCUT2D eigenvalue weighted by atomic mass is 16.5. The van der Waals surface area contributed by atoms with E-state index in [4.69, 9.17) is 5.73 Å². The Balaban J connectivity index is 0.000000640. The van der Waals surface area contributed by atoms with E-state index in [2.05, 4.69) is 9.68 Å². The van der Waals surface area contributed by atoms with Crippen molar-refractivity contribution in [1.82, 2.24) is 5.16 Å². The number of nitrogens with two attached hydrogens (primary N) is 1. The maximum Gasteiger partial charge on any atom is 0.357 e. The van der Waals surface area contributed by atoms with E-state index in [0.29, 0.717) is 12.2 Å².